The monoisotopic (exact) mass is 636 g/mol. The van der Waals surface area contributed by atoms with Gasteiger partial charge in [0, 0.05) is 48.5 Å². The number of ether oxygens (including phenoxy) is 10. The van der Waals surface area contributed by atoms with Gasteiger partial charge in [-0.25, -0.2) is 0 Å². The summed E-state index contributed by atoms with van der Waals surface area (Å²) >= 11 is 0. The van der Waals surface area contributed by atoms with E-state index in [0.717, 1.165) is 48.5 Å². The van der Waals surface area contributed by atoms with Gasteiger partial charge in [-0.2, -0.15) is 0 Å². The van der Waals surface area contributed by atoms with Gasteiger partial charge >= 0.3 is 41.8 Å². The fourth-order valence-corrected chi connectivity index (χ4v) is 4.49. The second-order valence-corrected chi connectivity index (χ2v) is 9.68. The Balaban J connectivity index is 2.66. The van der Waals surface area contributed by atoms with Gasteiger partial charge in [0.1, 0.15) is 31.5 Å². The van der Waals surface area contributed by atoms with Gasteiger partial charge in [-0.1, -0.05) is 0 Å². The van der Waals surface area contributed by atoms with E-state index < -0.39 is 116 Å². The van der Waals surface area contributed by atoms with Crippen LogP contribution in [0.4, 0.5) is 0 Å². The van der Waals surface area contributed by atoms with E-state index in [1.165, 1.54) is 0 Å². The molecule has 18 nitrogen and oxygen atoms in total. The van der Waals surface area contributed by atoms with Crippen LogP contribution in [0.1, 0.15) is 48.5 Å². The highest BCUT2D eigenvalue weighted by Gasteiger charge is 2.57. The Morgan fingerprint density at radius 2 is 0.841 bits per heavy atom. The molecule has 10 atom stereocenters. The van der Waals surface area contributed by atoms with Crippen LogP contribution in [-0.4, -0.2) is 122 Å². The van der Waals surface area contributed by atoms with E-state index in [-0.39, 0.29) is 0 Å². The first-order valence-electron chi connectivity index (χ1n) is 13.3. The summed E-state index contributed by atoms with van der Waals surface area (Å²) in [6.45, 7) is 6.11. The lowest BCUT2D eigenvalue weighted by Crippen LogP contribution is -2.67. The van der Waals surface area contributed by atoms with Gasteiger partial charge in [-0.05, 0) is 0 Å². The number of carbonyl (C=O) groups is 7. The Bertz CT molecular complexity index is 1090. The molecule has 2 heterocycles. The second kappa shape index (κ2) is 16.3. The van der Waals surface area contributed by atoms with Crippen LogP contribution >= 0.6 is 0 Å². The Hall–Kier alpha value is -3.87. The molecule has 0 unspecified atom stereocenters. The first-order chi connectivity index (χ1) is 20.5. The fourth-order valence-electron chi connectivity index (χ4n) is 4.49. The zero-order valence-electron chi connectivity index (χ0n) is 25.1. The molecule has 0 aromatic rings. The minimum absolute atomic E-state index is 0.572. The molecule has 2 aliphatic heterocycles. The molecule has 2 rings (SSSR count). The molecule has 2 aliphatic rings. The molecule has 0 bridgehead atoms. The van der Waals surface area contributed by atoms with Crippen LogP contribution in [0.2, 0.25) is 0 Å². The summed E-state index contributed by atoms with van der Waals surface area (Å²) in [5.41, 5.74) is 0. The predicted molar refractivity (Wildman–Crippen MR) is 135 cm³/mol. The van der Waals surface area contributed by atoms with Gasteiger partial charge in [-0.15, -0.1) is 0 Å². The smallest absolute Gasteiger partial charge is 0.303 e. The lowest BCUT2D eigenvalue weighted by Gasteiger charge is -2.48. The maximum Gasteiger partial charge on any atom is 0.303 e. The molecule has 0 spiro atoms. The normalized spacial score (nSPS) is 31.5. The molecule has 0 aromatic carbocycles. The van der Waals surface area contributed by atoms with Crippen molar-refractivity contribution in [2.24, 2.45) is 0 Å². The number of hydrogen-bond acceptors (Lipinski definition) is 18. The van der Waals surface area contributed by atoms with E-state index in [0.29, 0.717) is 0 Å². The van der Waals surface area contributed by atoms with Gasteiger partial charge in [-0.3, -0.25) is 33.6 Å². The van der Waals surface area contributed by atoms with Gasteiger partial charge < -0.3 is 52.5 Å². The Labute approximate surface area is 251 Å². The van der Waals surface area contributed by atoms with E-state index in [1.807, 2.05) is 0 Å². The van der Waals surface area contributed by atoms with Crippen LogP contribution in [0.5, 0.6) is 0 Å². The minimum Gasteiger partial charge on any atom is -0.463 e. The summed E-state index contributed by atoms with van der Waals surface area (Å²) < 4.78 is 54.1. The van der Waals surface area contributed by atoms with Gasteiger partial charge in [0.15, 0.2) is 43.1 Å². The van der Waals surface area contributed by atoms with E-state index in [1.54, 1.807) is 0 Å². The van der Waals surface area contributed by atoms with Gasteiger partial charge in [0.05, 0.1) is 0 Å². The number of aliphatic hydroxyl groups excluding tert-OH is 1. The Morgan fingerprint density at radius 3 is 1.27 bits per heavy atom. The van der Waals surface area contributed by atoms with Crippen LogP contribution in [-0.2, 0) is 80.9 Å². The molecule has 0 aliphatic carbocycles. The number of carbonyl (C=O) groups excluding carboxylic acids is 7. The summed E-state index contributed by atoms with van der Waals surface area (Å²) in [5.74, 6) is -6.03. The van der Waals surface area contributed by atoms with E-state index in [9.17, 15) is 38.7 Å². The Morgan fingerprint density at radius 1 is 0.477 bits per heavy atom. The average Bonchev–Trinajstić information content (AvgIpc) is 2.87. The van der Waals surface area contributed by atoms with Crippen molar-refractivity contribution in [3.8, 4) is 0 Å². The minimum atomic E-state index is -1.90. The van der Waals surface area contributed by atoms with Crippen LogP contribution in [0.3, 0.4) is 0 Å². The molecule has 0 amide bonds. The third-order valence-corrected chi connectivity index (χ3v) is 5.90. The lowest BCUT2D eigenvalue weighted by molar-refractivity contribution is -0.357. The lowest BCUT2D eigenvalue weighted by atomic mass is 9.96. The van der Waals surface area contributed by atoms with Gasteiger partial charge in [0.25, 0.3) is 0 Å². The first-order valence-corrected chi connectivity index (χ1v) is 13.3. The molecule has 44 heavy (non-hydrogen) atoms. The molecule has 2 saturated heterocycles. The zero-order chi connectivity index (χ0) is 33.3. The van der Waals surface area contributed by atoms with Crippen molar-refractivity contribution in [2.75, 3.05) is 13.2 Å². The second-order valence-electron chi connectivity index (χ2n) is 9.68. The summed E-state index contributed by atoms with van der Waals surface area (Å²) in [4.78, 5) is 83.5. The summed E-state index contributed by atoms with van der Waals surface area (Å²) in [5, 5.41) is 10.6. The largest absolute Gasteiger partial charge is 0.463 e. The van der Waals surface area contributed by atoms with Crippen molar-refractivity contribution < 1.29 is 86.0 Å². The average molecular weight is 637 g/mol. The van der Waals surface area contributed by atoms with Crippen molar-refractivity contribution in [3.63, 3.8) is 0 Å². The van der Waals surface area contributed by atoms with E-state index >= 15 is 0 Å². The molecule has 0 radical (unpaired) electrons. The van der Waals surface area contributed by atoms with Crippen LogP contribution in [0.15, 0.2) is 0 Å². The number of hydrogen-bond donors (Lipinski definition) is 1. The van der Waals surface area contributed by atoms with Crippen LogP contribution in [0, 0.1) is 0 Å². The van der Waals surface area contributed by atoms with E-state index in [4.69, 9.17) is 47.4 Å². The van der Waals surface area contributed by atoms with Crippen molar-refractivity contribution in [3.05, 3.63) is 0 Å². The molecule has 18 heteroatoms. The van der Waals surface area contributed by atoms with Crippen LogP contribution in [0.25, 0.3) is 0 Å². The summed E-state index contributed by atoms with van der Waals surface area (Å²) in [7, 11) is 0. The van der Waals surface area contributed by atoms with Gasteiger partial charge in [0.2, 0.25) is 0 Å². The Kier molecular flexibility index (Phi) is 13.4. The highest BCUT2D eigenvalue weighted by molar-refractivity contribution is 5.69. The number of esters is 7. The number of aliphatic hydroxyl groups is 1. The maximum absolute atomic E-state index is 12.2. The predicted octanol–water partition coefficient (Wildman–Crippen LogP) is -1.40. The fraction of sp³-hybridized carbons (Fsp3) is 0.731. The van der Waals surface area contributed by atoms with Crippen molar-refractivity contribution in [2.45, 2.75) is 110 Å². The van der Waals surface area contributed by atoms with Crippen molar-refractivity contribution in [1.29, 1.82) is 0 Å². The summed E-state index contributed by atoms with van der Waals surface area (Å²) in [6, 6.07) is 0. The highest BCUT2D eigenvalue weighted by atomic mass is 16.8. The van der Waals surface area contributed by atoms with Crippen molar-refractivity contribution >= 4 is 41.8 Å². The molecule has 2 fully saturated rings. The molecule has 0 saturated carbocycles. The molecule has 1 N–H and O–H groups in total. The third-order valence-electron chi connectivity index (χ3n) is 5.90. The van der Waals surface area contributed by atoms with Crippen molar-refractivity contribution in [1.82, 2.24) is 0 Å². The quantitative estimate of drug-likeness (QED) is 0.203. The standard InChI is InChI=1S/C26H36O18/c1-10(27)35-8-17-20(21(38-13(4)30)23(25(34)42-17)40-15(6)32)44-26-24(41-16(7)33)22(39-14(5)31)19(37-12(3)29)18(43-26)9-36-11(2)28/h17-26,34H,8-9H2,1-7H3/t17-,18-,19-,20-,21+,22+,23-,24-,25+,26+/m0/s1. The molecule has 0 aromatic heterocycles. The summed E-state index contributed by atoms with van der Waals surface area (Å²) in [6.07, 6.45) is -16.3. The topological polar surface area (TPSA) is 232 Å². The zero-order valence-corrected chi connectivity index (χ0v) is 25.1. The SMILES string of the molecule is CC(=O)OC[C@@H]1O[C@@H](O)[C@@H](OC(C)=O)[C@H](OC(C)=O)[C@H]1O[C@H]1O[C@@H](COC(C)=O)[C@H](OC(C)=O)[C@@H](OC(C)=O)[C@@H]1OC(C)=O. The van der Waals surface area contributed by atoms with E-state index in [2.05, 4.69) is 0 Å². The molecular weight excluding hydrogens is 600 g/mol. The van der Waals surface area contributed by atoms with Crippen LogP contribution < -0.4 is 0 Å². The number of rotatable bonds is 11. The first kappa shape index (κ1) is 36.3. The molecular formula is C26H36O18. The maximum atomic E-state index is 12.2. The molecule has 248 valence electrons. The third kappa shape index (κ3) is 10.7. The highest BCUT2D eigenvalue weighted by Crippen LogP contribution is 2.34.